The largest absolute Gasteiger partial charge is 0.354 e. The van der Waals surface area contributed by atoms with Crippen LogP contribution < -0.4 is 20.9 Å². The molecule has 0 bridgehead atoms. The molecule has 0 aliphatic carbocycles. The van der Waals surface area contributed by atoms with Crippen molar-refractivity contribution in [3.05, 3.63) is 88.9 Å². The summed E-state index contributed by atoms with van der Waals surface area (Å²) in [6.07, 6.45) is 0. The van der Waals surface area contributed by atoms with Crippen LogP contribution in [-0.4, -0.2) is 56.5 Å². The Bertz CT molecular complexity index is 1300. The molecule has 3 N–H and O–H groups in total. The number of likely N-dealkylation sites (N-methyl/N-ethyl adjacent to an activating group) is 1. The van der Waals surface area contributed by atoms with E-state index in [1.165, 1.54) is 0 Å². The van der Waals surface area contributed by atoms with Gasteiger partial charge in [0.2, 0.25) is 5.91 Å². The van der Waals surface area contributed by atoms with Gasteiger partial charge in [-0.2, -0.15) is 0 Å². The van der Waals surface area contributed by atoms with Crippen LogP contribution in [0.15, 0.2) is 72.8 Å². The Morgan fingerprint density at radius 2 is 1.75 bits per heavy atom. The number of benzene rings is 3. The van der Waals surface area contributed by atoms with E-state index < -0.39 is 0 Å². The topological polar surface area (TPSA) is 76.7 Å². The van der Waals surface area contributed by atoms with Crippen LogP contribution in [0.4, 0.5) is 17.1 Å². The monoisotopic (exact) mass is 501 g/mol. The minimum Gasteiger partial charge on any atom is -0.354 e. The molecule has 0 saturated carbocycles. The van der Waals surface area contributed by atoms with Crippen molar-refractivity contribution in [2.24, 2.45) is 0 Å². The number of piperazine rings is 1. The highest BCUT2D eigenvalue weighted by Crippen LogP contribution is 2.38. The highest BCUT2D eigenvalue weighted by atomic mass is 35.5. The molecule has 184 valence electrons. The second-order valence-corrected chi connectivity index (χ2v) is 9.35. The van der Waals surface area contributed by atoms with Crippen LogP contribution >= 0.6 is 11.6 Å². The molecule has 2 amide bonds. The van der Waals surface area contributed by atoms with E-state index in [0.29, 0.717) is 28.5 Å². The van der Waals surface area contributed by atoms with Crippen LogP contribution in [0, 0.1) is 0 Å². The number of nitrogens with zero attached hydrogens (tertiary/aromatic N) is 2. The average Bonchev–Trinajstić information content (AvgIpc) is 3.22. The van der Waals surface area contributed by atoms with Crippen LogP contribution in [0.1, 0.15) is 11.1 Å². The Balaban J connectivity index is 1.40. The number of halogens is 1. The van der Waals surface area contributed by atoms with Crippen LogP contribution in [-0.2, 0) is 9.59 Å². The highest BCUT2D eigenvalue weighted by Gasteiger charge is 2.28. The Hall–Kier alpha value is -3.65. The summed E-state index contributed by atoms with van der Waals surface area (Å²) < 4.78 is 0. The summed E-state index contributed by atoms with van der Waals surface area (Å²) in [5.74, 6) is -0.129. The molecule has 0 atom stereocenters. The molecule has 2 heterocycles. The zero-order valence-corrected chi connectivity index (χ0v) is 20.8. The summed E-state index contributed by atoms with van der Waals surface area (Å²) in [5, 5.41) is 10.2. The van der Waals surface area contributed by atoms with Gasteiger partial charge in [0.05, 0.1) is 23.5 Å². The lowest BCUT2D eigenvalue weighted by Crippen LogP contribution is -2.47. The maximum Gasteiger partial charge on any atom is 0.258 e. The van der Waals surface area contributed by atoms with Crippen LogP contribution in [0.5, 0.6) is 0 Å². The molecule has 3 aromatic rings. The second kappa shape index (κ2) is 10.5. The molecule has 0 unspecified atom stereocenters. The van der Waals surface area contributed by atoms with Crippen LogP contribution in [0.25, 0.3) is 11.3 Å². The van der Waals surface area contributed by atoms with Crippen molar-refractivity contribution in [3.8, 4) is 0 Å². The number of amides is 2. The lowest BCUT2D eigenvalue weighted by Gasteiger charge is -2.28. The van der Waals surface area contributed by atoms with E-state index in [1.807, 2.05) is 60.7 Å². The third kappa shape index (κ3) is 5.14. The van der Waals surface area contributed by atoms with Gasteiger partial charge >= 0.3 is 0 Å². The fourth-order valence-electron chi connectivity index (χ4n) is 4.50. The minimum absolute atomic E-state index is 0.0580. The maximum absolute atomic E-state index is 13.0. The van der Waals surface area contributed by atoms with Gasteiger partial charge < -0.3 is 20.9 Å². The van der Waals surface area contributed by atoms with Gasteiger partial charge in [0.15, 0.2) is 0 Å². The molecule has 1 saturated heterocycles. The lowest BCUT2D eigenvalue weighted by molar-refractivity contribution is -0.119. The van der Waals surface area contributed by atoms with Gasteiger partial charge in [-0.25, -0.2) is 0 Å². The van der Waals surface area contributed by atoms with Gasteiger partial charge in [0, 0.05) is 55.2 Å². The predicted molar refractivity (Wildman–Crippen MR) is 146 cm³/mol. The van der Waals surface area contributed by atoms with Gasteiger partial charge in [0.25, 0.3) is 5.91 Å². The first kappa shape index (κ1) is 24.1. The average molecular weight is 502 g/mol. The molecular weight excluding hydrogens is 474 g/mol. The lowest BCUT2D eigenvalue weighted by atomic mass is 10.00. The SMILES string of the molecule is CN(C(=O)CN1CCNCC1)c1ccc(NC(=C2C(=O)Nc3cc(Cl)ccc32)c2ccccc2)cc1. The van der Waals surface area contributed by atoms with Crippen molar-refractivity contribution in [1.82, 2.24) is 10.2 Å². The fraction of sp³-hybridized carbons (Fsp3) is 0.214. The summed E-state index contributed by atoms with van der Waals surface area (Å²) in [7, 11) is 1.80. The van der Waals surface area contributed by atoms with Gasteiger partial charge in [-0.15, -0.1) is 0 Å². The normalized spacial score (nSPS) is 16.8. The Kier molecular flexibility index (Phi) is 7.04. The molecule has 0 spiro atoms. The summed E-state index contributed by atoms with van der Waals surface area (Å²) in [6, 6.07) is 22.8. The van der Waals surface area contributed by atoms with E-state index in [0.717, 1.165) is 48.7 Å². The van der Waals surface area contributed by atoms with E-state index in [9.17, 15) is 9.59 Å². The molecule has 36 heavy (non-hydrogen) atoms. The minimum atomic E-state index is -0.187. The number of rotatable bonds is 6. The molecule has 8 heteroatoms. The van der Waals surface area contributed by atoms with Crippen molar-refractivity contribution in [2.45, 2.75) is 0 Å². The molecule has 2 aliphatic heterocycles. The Morgan fingerprint density at radius 1 is 1.03 bits per heavy atom. The Morgan fingerprint density at radius 3 is 2.47 bits per heavy atom. The second-order valence-electron chi connectivity index (χ2n) is 8.91. The number of hydrogen-bond donors (Lipinski definition) is 3. The molecule has 0 aromatic heterocycles. The van der Waals surface area contributed by atoms with Crippen molar-refractivity contribution in [1.29, 1.82) is 0 Å². The maximum atomic E-state index is 13.0. The van der Waals surface area contributed by atoms with Gasteiger partial charge in [-0.05, 0) is 42.0 Å². The summed E-state index contributed by atoms with van der Waals surface area (Å²) >= 11 is 6.15. The number of hydrogen-bond acceptors (Lipinski definition) is 5. The van der Waals surface area contributed by atoms with E-state index >= 15 is 0 Å². The zero-order chi connectivity index (χ0) is 25.1. The fourth-order valence-corrected chi connectivity index (χ4v) is 4.67. The van der Waals surface area contributed by atoms with E-state index in [4.69, 9.17) is 11.6 Å². The highest BCUT2D eigenvalue weighted by molar-refractivity contribution is 6.38. The van der Waals surface area contributed by atoms with E-state index in [2.05, 4.69) is 20.9 Å². The predicted octanol–water partition coefficient (Wildman–Crippen LogP) is 4.14. The number of nitrogens with one attached hydrogen (secondary N) is 3. The molecule has 2 aliphatic rings. The van der Waals surface area contributed by atoms with Crippen molar-refractivity contribution >= 4 is 51.7 Å². The van der Waals surface area contributed by atoms with Crippen LogP contribution in [0.2, 0.25) is 5.02 Å². The smallest absolute Gasteiger partial charge is 0.258 e. The zero-order valence-electron chi connectivity index (χ0n) is 20.1. The van der Waals surface area contributed by atoms with Crippen molar-refractivity contribution in [2.75, 3.05) is 55.3 Å². The van der Waals surface area contributed by atoms with Gasteiger partial charge in [-0.1, -0.05) is 48.0 Å². The van der Waals surface area contributed by atoms with E-state index in [-0.39, 0.29) is 11.8 Å². The first-order valence-electron chi connectivity index (χ1n) is 12.0. The molecule has 5 rings (SSSR count). The van der Waals surface area contributed by atoms with Crippen molar-refractivity contribution < 1.29 is 9.59 Å². The van der Waals surface area contributed by atoms with Gasteiger partial charge in [-0.3, -0.25) is 14.5 Å². The summed E-state index contributed by atoms with van der Waals surface area (Å²) in [6.45, 7) is 3.98. The number of fused-ring (bicyclic) bond motifs is 1. The summed E-state index contributed by atoms with van der Waals surface area (Å²) in [4.78, 5) is 29.7. The number of carbonyl (C=O) groups excluding carboxylic acids is 2. The molecular formula is C28H28ClN5O2. The Labute approximate surface area is 215 Å². The quantitative estimate of drug-likeness (QED) is 0.443. The molecule has 7 nitrogen and oxygen atoms in total. The standard InChI is InChI=1S/C28H28ClN5O2/c1-33(25(35)18-34-15-13-30-14-16-34)22-10-8-21(9-11-22)31-27(19-5-3-2-4-6-19)26-23-12-7-20(29)17-24(23)32-28(26)36/h2-12,17,30-31H,13-16,18H2,1H3,(H,32,36). The number of anilines is 3. The van der Waals surface area contributed by atoms with E-state index in [1.54, 1.807) is 24.1 Å². The molecule has 1 fully saturated rings. The summed E-state index contributed by atoms with van der Waals surface area (Å²) in [5.41, 5.74) is 5.25. The first-order chi connectivity index (χ1) is 17.5. The third-order valence-electron chi connectivity index (χ3n) is 6.51. The van der Waals surface area contributed by atoms with Crippen molar-refractivity contribution in [3.63, 3.8) is 0 Å². The van der Waals surface area contributed by atoms with Gasteiger partial charge in [0.1, 0.15) is 0 Å². The number of carbonyl (C=O) groups is 2. The molecule has 3 aromatic carbocycles. The first-order valence-corrected chi connectivity index (χ1v) is 12.3. The van der Waals surface area contributed by atoms with Crippen LogP contribution in [0.3, 0.4) is 0 Å². The third-order valence-corrected chi connectivity index (χ3v) is 6.74. The molecule has 0 radical (unpaired) electrons.